The molecule has 3 heteroatoms. The molecule has 0 aliphatic heterocycles. The molecule has 0 spiro atoms. The van der Waals surface area contributed by atoms with Gasteiger partial charge in [-0.05, 0) is 37.4 Å². The average molecular weight is 194 g/mol. The molecule has 0 fully saturated rings. The summed E-state index contributed by atoms with van der Waals surface area (Å²) in [5, 5.41) is 4.42. The summed E-state index contributed by atoms with van der Waals surface area (Å²) in [5.74, 6) is 0. The highest BCUT2D eigenvalue weighted by Crippen LogP contribution is 2.17. The van der Waals surface area contributed by atoms with Crippen LogP contribution in [0, 0.1) is 0 Å². The smallest absolute Gasteiger partial charge is 0.0679 e. The van der Waals surface area contributed by atoms with Crippen LogP contribution >= 0.6 is 11.8 Å². The van der Waals surface area contributed by atoms with Gasteiger partial charge in [-0.2, -0.15) is 0 Å². The van der Waals surface area contributed by atoms with E-state index < -0.39 is 0 Å². The normalized spacial score (nSPS) is 11.4. The predicted octanol–water partition coefficient (Wildman–Crippen LogP) is 2.91. The number of anilines is 2. The molecule has 0 amide bonds. The molecule has 2 nitrogen and oxygen atoms in total. The van der Waals surface area contributed by atoms with Crippen molar-refractivity contribution in [2.45, 2.75) is 6.92 Å². The molecule has 0 saturated carbocycles. The maximum absolute atomic E-state index is 5.57. The molecule has 1 aromatic carbocycles. The number of nitrogens with two attached hydrogens (primary N) is 1. The zero-order chi connectivity index (χ0) is 9.68. The van der Waals surface area contributed by atoms with Crippen LogP contribution in [0.4, 0.5) is 11.4 Å². The highest BCUT2D eigenvalue weighted by molar-refractivity contribution is 8.02. The van der Waals surface area contributed by atoms with Crippen molar-refractivity contribution in [1.82, 2.24) is 0 Å². The lowest BCUT2D eigenvalue weighted by molar-refractivity contribution is 1.53. The van der Waals surface area contributed by atoms with Crippen molar-refractivity contribution in [3.05, 3.63) is 35.4 Å². The van der Waals surface area contributed by atoms with Gasteiger partial charge < -0.3 is 11.1 Å². The summed E-state index contributed by atoms with van der Waals surface area (Å²) in [6, 6.07) is 7.70. The van der Waals surface area contributed by atoms with Crippen molar-refractivity contribution in [3.63, 3.8) is 0 Å². The summed E-state index contributed by atoms with van der Waals surface area (Å²) >= 11 is 1.69. The lowest BCUT2D eigenvalue weighted by Crippen LogP contribution is -1.95. The number of thioether (sulfide) groups is 1. The van der Waals surface area contributed by atoms with Gasteiger partial charge in [-0.3, -0.25) is 0 Å². The average Bonchev–Trinajstić information content (AvgIpc) is 2.17. The summed E-state index contributed by atoms with van der Waals surface area (Å²) in [5.41, 5.74) is 7.43. The molecule has 0 unspecified atom stereocenters. The molecule has 0 atom stereocenters. The molecule has 3 N–H and O–H groups in total. The van der Waals surface area contributed by atoms with Crippen molar-refractivity contribution in [1.29, 1.82) is 0 Å². The lowest BCUT2D eigenvalue weighted by atomic mass is 10.3. The van der Waals surface area contributed by atoms with Gasteiger partial charge in [0.15, 0.2) is 0 Å². The van der Waals surface area contributed by atoms with Crippen LogP contribution in [0.3, 0.4) is 0 Å². The number of hydrogen-bond donors (Lipinski definition) is 2. The fourth-order valence-corrected chi connectivity index (χ4v) is 1.41. The summed E-state index contributed by atoms with van der Waals surface area (Å²) in [4.78, 5) is 0. The molecule has 0 aliphatic carbocycles. The predicted molar refractivity (Wildman–Crippen MR) is 61.7 cm³/mol. The molecule has 1 aromatic rings. The van der Waals surface area contributed by atoms with E-state index in [0.717, 1.165) is 16.4 Å². The molecule has 0 aromatic heterocycles. The number of nitrogen functional groups attached to an aromatic ring is 1. The SMILES string of the molecule is C/C=C(/Nc1ccc(N)cc1)SC. The molecule has 13 heavy (non-hydrogen) atoms. The van der Waals surface area contributed by atoms with Crippen LogP contribution in [-0.4, -0.2) is 6.26 Å². The zero-order valence-corrected chi connectivity index (χ0v) is 8.69. The van der Waals surface area contributed by atoms with Crippen LogP contribution in [0.5, 0.6) is 0 Å². The molecule has 0 radical (unpaired) electrons. The van der Waals surface area contributed by atoms with Gasteiger partial charge in [-0.15, -0.1) is 11.8 Å². The Balaban J connectivity index is 2.69. The van der Waals surface area contributed by atoms with E-state index in [2.05, 4.69) is 5.32 Å². The molecule has 70 valence electrons. The summed E-state index contributed by atoms with van der Waals surface area (Å²) < 4.78 is 0. The summed E-state index contributed by atoms with van der Waals surface area (Å²) in [7, 11) is 0. The monoisotopic (exact) mass is 194 g/mol. The van der Waals surface area contributed by atoms with Gasteiger partial charge in [0, 0.05) is 11.4 Å². The highest BCUT2D eigenvalue weighted by Gasteiger charge is 1.94. The lowest BCUT2D eigenvalue weighted by Gasteiger charge is -2.07. The molecule has 0 heterocycles. The molecule has 1 rings (SSSR count). The Kier molecular flexibility index (Phi) is 3.71. The first kappa shape index (κ1) is 9.99. The third-order valence-corrected chi connectivity index (χ3v) is 2.44. The number of rotatable bonds is 3. The molecule has 0 saturated heterocycles. The Morgan fingerprint density at radius 3 is 2.46 bits per heavy atom. The van der Waals surface area contributed by atoms with Crippen LogP contribution in [0.1, 0.15) is 6.92 Å². The van der Waals surface area contributed by atoms with Crippen LogP contribution in [0.25, 0.3) is 0 Å². The van der Waals surface area contributed by atoms with E-state index in [1.165, 1.54) is 0 Å². The summed E-state index contributed by atoms with van der Waals surface area (Å²) in [6.07, 6.45) is 4.08. The van der Waals surface area contributed by atoms with Crippen molar-refractivity contribution >= 4 is 23.1 Å². The van der Waals surface area contributed by atoms with Gasteiger partial charge in [0.2, 0.25) is 0 Å². The second kappa shape index (κ2) is 4.82. The van der Waals surface area contributed by atoms with Gasteiger partial charge in [0.25, 0.3) is 0 Å². The maximum Gasteiger partial charge on any atom is 0.0679 e. The first-order valence-electron chi connectivity index (χ1n) is 4.09. The van der Waals surface area contributed by atoms with E-state index in [9.17, 15) is 0 Å². The Morgan fingerprint density at radius 1 is 1.38 bits per heavy atom. The van der Waals surface area contributed by atoms with E-state index in [4.69, 9.17) is 5.73 Å². The molecule has 0 bridgehead atoms. The largest absolute Gasteiger partial charge is 0.399 e. The fraction of sp³-hybridized carbons (Fsp3) is 0.200. The Morgan fingerprint density at radius 2 is 2.00 bits per heavy atom. The van der Waals surface area contributed by atoms with E-state index in [-0.39, 0.29) is 0 Å². The Labute approximate surface area is 83.2 Å². The van der Waals surface area contributed by atoms with E-state index in [1.54, 1.807) is 11.8 Å². The van der Waals surface area contributed by atoms with Crippen molar-refractivity contribution in [3.8, 4) is 0 Å². The first-order chi connectivity index (χ1) is 6.26. The maximum atomic E-state index is 5.57. The van der Waals surface area contributed by atoms with Gasteiger partial charge in [-0.1, -0.05) is 6.08 Å². The van der Waals surface area contributed by atoms with Gasteiger partial charge in [0.1, 0.15) is 0 Å². The zero-order valence-electron chi connectivity index (χ0n) is 7.87. The Bertz CT molecular complexity index is 290. The minimum Gasteiger partial charge on any atom is -0.399 e. The van der Waals surface area contributed by atoms with Crippen molar-refractivity contribution < 1.29 is 0 Å². The van der Waals surface area contributed by atoms with Crippen molar-refractivity contribution in [2.75, 3.05) is 17.3 Å². The summed E-state index contributed by atoms with van der Waals surface area (Å²) in [6.45, 7) is 2.01. The van der Waals surface area contributed by atoms with E-state index in [1.807, 2.05) is 43.5 Å². The standard InChI is InChI=1S/C10H14N2S/c1-3-10(13-2)12-9-6-4-8(11)5-7-9/h3-7,12H,11H2,1-2H3/b10-3-. The van der Waals surface area contributed by atoms with Crippen LogP contribution in [-0.2, 0) is 0 Å². The second-order valence-electron chi connectivity index (χ2n) is 2.60. The van der Waals surface area contributed by atoms with E-state index >= 15 is 0 Å². The fourth-order valence-electron chi connectivity index (χ4n) is 0.950. The number of benzene rings is 1. The van der Waals surface area contributed by atoms with Gasteiger partial charge in [-0.25, -0.2) is 0 Å². The second-order valence-corrected chi connectivity index (χ2v) is 3.45. The highest BCUT2D eigenvalue weighted by atomic mass is 32.2. The molecule has 0 aliphatic rings. The molecular formula is C10H14N2S. The topological polar surface area (TPSA) is 38.0 Å². The third-order valence-electron chi connectivity index (χ3n) is 1.66. The van der Waals surface area contributed by atoms with Crippen LogP contribution in [0.15, 0.2) is 35.4 Å². The van der Waals surface area contributed by atoms with Crippen LogP contribution in [0.2, 0.25) is 0 Å². The quantitative estimate of drug-likeness (QED) is 0.727. The van der Waals surface area contributed by atoms with Gasteiger partial charge in [0.05, 0.1) is 5.03 Å². The van der Waals surface area contributed by atoms with Crippen molar-refractivity contribution in [2.24, 2.45) is 0 Å². The molecular weight excluding hydrogens is 180 g/mol. The third kappa shape index (κ3) is 3.03. The minimum atomic E-state index is 0.789. The van der Waals surface area contributed by atoms with Gasteiger partial charge >= 0.3 is 0 Å². The number of hydrogen-bond acceptors (Lipinski definition) is 3. The van der Waals surface area contributed by atoms with Crippen LogP contribution < -0.4 is 11.1 Å². The van der Waals surface area contributed by atoms with E-state index in [0.29, 0.717) is 0 Å². The first-order valence-corrected chi connectivity index (χ1v) is 5.31. The number of allylic oxidation sites excluding steroid dienone is 1. The number of nitrogens with one attached hydrogen (secondary N) is 1. The minimum absolute atomic E-state index is 0.789. The Hall–Kier alpha value is -1.09.